The third-order valence-corrected chi connectivity index (χ3v) is 3.50. The van der Waals surface area contributed by atoms with E-state index in [1.54, 1.807) is 0 Å². The first kappa shape index (κ1) is 14.7. The van der Waals surface area contributed by atoms with E-state index in [1.165, 1.54) is 19.3 Å². The van der Waals surface area contributed by atoms with Gasteiger partial charge in [-0.3, -0.25) is 4.79 Å². The summed E-state index contributed by atoms with van der Waals surface area (Å²) in [5.74, 6) is 0.843. The Morgan fingerprint density at radius 1 is 1.29 bits per heavy atom. The van der Waals surface area contributed by atoms with Crippen LogP contribution in [0.2, 0.25) is 0 Å². The first-order chi connectivity index (χ1) is 7.81. The van der Waals surface area contributed by atoms with Crippen LogP contribution in [-0.4, -0.2) is 43.2 Å². The second-order valence-corrected chi connectivity index (χ2v) is 4.93. The number of nitrogens with two attached hydrogens (primary N) is 1. The lowest BCUT2D eigenvalue weighted by Crippen LogP contribution is -2.48. The number of hydrogen-bond donors (Lipinski definition) is 1. The number of hydrogen-bond acceptors (Lipinski definition) is 3. The number of amides is 1. The van der Waals surface area contributed by atoms with E-state index >= 15 is 0 Å². The molecule has 100 valence electrons. The van der Waals surface area contributed by atoms with Gasteiger partial charge in [0.1, 0.15) is 6.61 Å². The molecule has 17 heavy (non-hydrogen) atoms. The van der Waals surface area contributed by atoms with Crippen molar-refractivity contribution < 1.29 is 9.53 Å². The summed E-state index contributed by atoms with van der Waals surface area (Å²) in [6.07, 6.45) is 5.87. The zero-order valence-electron chi connectivity index (χ0n) is 10.3. The van der Waals surface area contributed by atoms with Gasteiger partial charge in [0.15, 0.2) is 0 Å². The summed E-state index contributed by atoms with van der Waals surface area (Å²) in [4.78, 5) is 13.8. The van der Waals surface area contributed by atoms with Crippen molar-refractivity contribution in [3.8, 4) is 0 Å². The van der Waals surface area contributed by atoms with E-state index in [9.17, 15) is 4.79 Å². The van der Waals surface area contributed by atoms with E-state index in [0.29, 0.717) is 6.54 Å². The van der Waals surface area contributed by atoms with Crippen LogP contribution in [0.4, 0.5) is 0 Å². The average Bonchev–Trinajstić information content (AvgIpc) is 3.13. The van der Waals surface area contributed by atoms with E-state index in [0.717, 1.165) is 31.9 Å². The number of rotatable bonds is 5. The van der Waals surface area contributed by atoms with Crippen LogP contribution in [0.25, 0.3) is 0 Å². The van der Waals surface area contributed by atoms with Crippen LogP contribution in [0.15, 0.2) is 0 Å². The number of carbonyl (C=O) groups excluding carboxylic acids is 1. The molecule has 0 radical (unpaired) electrons. The maximum Gasteiger partial charge on any atom is 0.248 e. The average molecular weight is 263 g/mol. The van der Waals surface area contributed by atoms with Crippen LogP contribution in [-0.2, 0) is 9.53 Å². The molecule has 1 aliphatic heterocycles. The van der Waals surface area contributed by atoms with Crippen LogP contribution in [0.5, 0.6) is 0 Å². The summed E-state index contributed by atoms with van der Waals surface area (Å²) in [7, 11) is 0. The van der Waals surface area contributed by atoms with Crippen molar-refractivity contribution in [2.75, 3.05) is 26.3 Å². The number of likely N-dealkylation sites (tertiary alicyclic amines) is 1. The monoisotopic (exact) mass is 262 g/mol. The second kappa shape index (κ2) is 7.19. The van der Waals surface area contributed by atoms with Crippen LogP contribution < -0.4 is 5.73 Å². The molecule has 1 aliphatic carbocycles. The molecular formula is C12H23ClN2O2. The molecule has 4 nitrogen and oxygen atoms in total. The van der Waals surface area contributed by atoms with Gasteiger partial charge in [-0.05, 0) is 38.0 Å². The van der Waals surface area contributed by atoms with Crippen LogP contribution in [0, 0.1) is 5.92 Å². The largest absolute Gasteiger partial charge is 0.371 e. The Morgan fingerprint density at radius 3 is 2.71 bits per heavy atom. The van der Waals surface area contributed by atoms with Gasteiger partial charge in [-0.15, -0.1) is 12.4 Å². The lowest BCUT2D eigenvalue weighted by molar-refractivity contribution is -0.139. The molecular weight excluding hydrogens is 240 g/mol. The molecule has 2 N–H and O–H groups in total. The topological polar surface area (TPSA) is 55.6 Å². The van der Waals surface area contributed by atoms with Gasteiger partial charge in [0.2, 0.25) is 5.91 Å². The van der Waals surface area contributed by atoms with Gasteiger partial charge in [-0.25, -0.2) is 0 Å². The van der Waals surface area contributed by atoms with Crippen molar-refractivity contribution in [1.82, 2.24) is 4.90 Å². The molecule has 2 fully saturated rings. The smallest absolute Gasteiger partial charge is 0.248 e. The fourth-order valence-electron chi connectivity index (χ4n) is 2.25. The Kier molecular flexibility index (Phi) is 6.23. The van der Waals surface area contributed by atoms with Gasteiger partial charge in [0, 0.05) is 19.1 Å². The molecule has 0 aromatic carbocycles. The Morgan fingerprint density at radius 2 is 2.06 bits per heavy atom. The van der Waals surface area contributed by atoms with Gasteiger partial charge in [-0.1, -0.05) is 0 Å². The fourth-order valence-corrected chi connectivity index (χ4v) is 2.25. The minimum absolute atomic E-state index is 0. The molecule has 1 heterocycles. The van der Waals surface area contributed by atoms with Gasteiger partial charge in [0.25, 0.3) is 0 Å². The highest BCUT2D eigenvalue weighted by Gasteiger charge is 2.26. The van der Waals surface area contributed by atoms with E-state index in [2.05, 4.69) is 0 Å². The molecule has 0 aromatic heterocycles. The second-order valence-electron chi connectivity index (χ2n) is 4.93. The van der Waals surface area contributed by atoms with Crippen LogP contribution >= 0.6 is 12.4 Å². The molecule has 1 atom stereocenters. The summed E-state index contributed by atoms with van der Waals surface area (Å²) < 4.78 is 5.43. The molecule has 0 spiro atoms. The Labute approximate surface area is 109 Å². The summed E-state index contributed by atoms with van der Waals surface area (Å²) in [6, 6.07) is 0.241. The Bertz CT molecular complexity index is 247. The first-order valence-corrected chi connectivity index (χ1v) is 6.38. The lowest BCUT2D eigenvalue weighted by Gasteiger charge is -2.35. The fraction of sp³-hybridized carbons (Fsp3) is 0.917. The number of ether oxygens (including phenoxy) is 1. The van der Waals surface area contributed by atoms with Crippen molar-refractivity contribution in [2.45, 2.75) is 38.1 Å². The standard InChI is InChI=1S/C12H22N2O2.ClH/c13-7-11-3-1-2-6-14(11)12(15)9-16-8-10-4-5-10;/h10-11H,1-9,13H2;1H. The van der Waals surface area contributed by atoms with Gasteiger partial charge < -0.3 is 15.4 Å². The molecule has 1 saturated carbocycles. The number of piperidine rings is 1. The predicted molar refractivity (Wildman–Crippen MR) is 69.2 cm³/mol. The van der Waals surface area contributed by atoms with Crippen molar-refractivity contribution in [3.05, 3.63) is 0 Å². The van der Waals surface area contributed by atoms with Gasteiger partial charge >= 0.3 is 0 Å². The maximum absolute atomic E-state index is 11.9. The molecule has 1 unspecified atom stereocenters. The molecule has 1 saturated heterocycles. The SMILES string of the molecule is Cl.NCC1CCCCN1C(=O)COCC1CC1. The summed E-state index contributed by atoms with van der Waals surface area (Å²) in [5.41, 5.74) is 5.68. The van der Waals surface area contributed by atoms with E-state index in [-0.39, 0.29) is 31.0 Å². The molecule has 2 rings (SSSR count). The zero-order valence-corrected chi connectivity index (χ0v) is 11.1. The third-order valence-electron chi connectivity index (χ3n) is 3.50. The summed E-state index contributed by atoms with van der Waals surface area (Å²) in [5, 5.41) is 0. The maximum atomic E-state index is 11.9. The summed E-state index contributed by atoms with van der Waals surface area (Å²) >= 11 is 0. The van der Waals surface area contributed by atoms with Crippen LogP contribution in [0.3, 0.4) is 0 Å². The number of carbonyl (C=O) groups is 1. The molecule has 5 heteroatoms. The van der Waals surface area contributed by atoms with Gasteiger partial charge in [-0.2, -0.15) is 0 Å². The molecule has 2 aliphatic rings. The minimum Gasteiger partial charge on any atom is -0.371 e. The molecule has 0 aromatic rings. The lowest BCUT2D eigenvalue weighted by atomic mass is 10.0. The quantitative estimate of drug-likeness (QED) is 0.809. The predicted octanol–water partition coefficient (Wildman–Crippen LogP) is 1.17. The zero-order chi connectivity index (χ0) is 11.4. The summed E-state index contributed by atoms with van der Waals surface area (Å²) in [6.45, 7) is 2.43. The van der Waals surface area contributed by atoms with Crippen molar-refractivity contribution in [3.63, 3.8) is 0 Å². The van der Waals surface area contributed by atoms with E-state index in [1.807, 2.05) is 4.90 Å². The minimum atomic E-state index is 0. The highest BCUT2D eigenvalue weighted by atomic mass is 35.5. The third kappa shape index (κ3) is 4.45. The Hall–Kier alpha value is -0.320. The Balaban J connectivity index is 0.00000144. The number of nitrogens with zero attached hydrogens (tertiary/aromatic N) is 1. The van der Waals surface area contributed by atoms with Crippen molar-refractivity contribution >= 4 is 18.3 Å². The van der Waals surface area contributed by atoms with E-state index < -0.39 is 0 Å². The van der Waals surface area contributed by atoms with E-state index in [4.69, 9.17) is 10.5 Å². The normalized spacial score (nSPS) is 24.3. The van der Waals surface area contributed by atoms with Gasteiger partial charge in [0.05, 0.1) is 6.61 Å². The molecule has 1 amide bonds. The highest BCUT2D eigenvalue weighted by molar-refractivity contribution is 5.85. The van der Waals surface area contributed by atoms with Crippen molar-refractivity contribution in [1.29, 1.82) is 0 Å². The van der Waals surface area contributed by atoms with Crippen LogP contribution in [0.1, 0.15) is 32.1 Å². The molecule has 0 bridgehead atoms. The highest BCUT2D eigenvalue weighted by Crippen LogP contribution is 2.28. The number of halogens is 1. The first-order valence-electron chi connectivity index (χ1n) is 6.38. The van der Waals surface area contributed by atoms with Crippen molar-refractivity contribution in [2.24, 2.45) is 11.7 Å².